The molecule has 0 radical (unpaired) electrons. The van der Waals surface area contributed by atoms with E-state index in [9.17, 15) is 14.4 Å². The monoisotopic (exact) mass is 537 g/mol. The molecular weight excluding hydrogens is 502 g/mol. The summed E-state index contributed by atoms with van der Waals surface area (Å²) in [6.07, 6.45) is 7.59. The van der Waals surface area contributed by atoms with Crippen LogP contribution in [0.2, 0.25) is 0 Å². The number of hydrogen-bond donors (Lipinski definition) is 4. The third-order valence-electron chi connectivity index (χ3n) is 8.01. The standard InChI is InChI=1S/C32H35N5O3/c33-27-20-23(14-17-26(27)28(21-8-3-1-4-9-21)35-24-10-5-2-6-11-24)30(39)37-32(18-7-19-32)31(40)36-25-15-12-22(13-16-25)29(34)38/h2,5-6,10-17,20-21H,1,3-4,7-9,18-19,33H2,(H2,34,38)(H,36,40)(H,37,39). The van der Waals surface area contributed by atoms with Crippen molar-refractivity contribution in [2.75, 3.05) is 11.1 Å². The van der Waals surface area contributed by atoms with Gasteiger partial charge in [-0.3, -0.25) is 19.4 Å². The van der Waals surface area contributed by atoms with Crippen LogP contribution in [0.25, 0.3) is 0 Å². The van der Waals surface area contributed by atoms with Gasteiger partial charge in [-0.05, 0) is 80.6 Å². The van der Waals surface area contributed by atoms with Crippen molar-refractivity contribution in [1.29, 1.82) is 0 Å². The number of nitrogens with zero attached hydrogens (tertiary/aromatic N) is 1. The van der Waals surface area contributed by atoms with Crippen molar-refractivity contribution in [3.63, 3.8) is 0 Å². The second kappa shape index (κ2) is 11.7. The van der Waals surface area contributed by atoms with Crippen molar-refractivity contribution >= 4 is 40.5 Å². The molecule has 206 valence electrons. The minimum Gasteiger partial charge on any atom is -0.398 e. The van der Waals surface area contributed by atoms with Crippen LogP contribution in [0.3, 0.4) is 0 Å². The number of primary amides is 1. The maximum absolute atomic E-state index is 13.3. The van der Waals surface area contributed by atoms with E-state index in [1.54, 1.807) is 36.4 Å². The number of carbonyl (C=O) groups excluding carboxylic acids is 3. The minimum absolute atomic E-state index is 0.293. The fourth-order valence-corrected chi connectivity index (χ4v) is 5.52. The minimum atomic E-state index is -1.01. The number of amides is 3. The molecule has 0 bridgehead atoms. The molecule has 3 amide bonds. The molecule has 0 aliphatic heterocycles. The Morgan fingerprint density at radius 2 is 1.50 bits per heavy atom. The maximum Gasteiger partial charge on any atom is 0.252 e. The van der Waals surface area contributed by atoms with Gasteiger partial charge in [0, 0.05) is 34.0 Å². The Labute approximate surface area is 234 Å². The van der Waals surface area contributed by atoms with Gasteiger partial charge < -0.3 is 22.1 Å². The van der Waals surface area contributed by atoms with E-state index in [-0.39, 0.29) is 11.8 Å². The van der Waals surface area contributed by atoms with E-state index in [2.05, 4.69) is 10.6 Å². The SMILES string of the molecule is NC(=O)c1ccc(NC(=O)C2(NC(=O)c3ccc(C(=Nc4ccccc4)C4CCCCC4)c(N)c3)CCC2)cc1. The van der Waals surface area contributed by atoms with Gasteiger partial charge in [-0.2, -0.15) is 0 Å². The summed E-state index contributed by atoms with van der Waals surface area (Å²) in [6, 6.07) is 21.5. The van der Waals surface area contributed by atoms with Gasteiger partial charge in [0.05, 0.1) is 11.4 Å². The van der Waals surface area contributed by atoms with Gasteiger partial charge in [-0.25, -0.2) is 0 Å². The lowest BCUT2D eigenvalue weighted by atomic mass is 9.75. The molecule has 0 atom stereocenters. The second-order valence-electron chi connectivity index (χ2n) is 10.8. The van der Waals surface area contributed by atoms with Crippen molar-refractivity contribution < 1.29 is 14.4 Å². The smallest absolute Gasteiger partial charge is 0.252 e. The number of anilines is 2. The number of para-hydroxylation sites is 1. The Morgan fingerprint density at radius 3 is 2.10 bits per heavy atom. The predicted octanol–water partition coefficient (Wildman–Crippen LogP) is 5.36. The number of nitrogens with one attached hydrogen (secondary N) is 2. The first kappa shape index (κ1) is 27.1. The van der Waals surface area contributed by atoms with E-state index in [0.717, 1.165) is 49.1 Å². The number of nitrogens with two attached hydrogens (primary N) is 2. The topological polar surface area (TPSA) is 140 Å². The summed E-state index contributed by atoms with van der Waals surface area (Å²) in [4.78, 5) is 42.9. The average molecular weight is 538 g/mol. The Bertz CT molecular complexity index is 1420. The fourth-order valence-electron chi connectivity index (χ4n) is 5.52. The Balaban J connectivity index is 1.34. The molecule has 0 saturated heterocycles. The van der Waals surface area contributed by atoms with Crippen molar-refractivity contribution in [3.8, 4) is 0 Å². The molecule has 8 nitrogen and oxygen atoms in total. The molecule has 2 aliphatic rings. The van der Waals surface area contributed by atoms with Gasteiger partial charge in [0.2, 0.25) is 11.8 Å². The van der Waals surface area contributed by atoms with E-state index in [1.807, 2.05) is 36.4 Å². The summed E-state index contributed by atoms with van der Waals surface area (Å²) in [5, 5.41) is 5.82. The molecule has 2 saturated carbocycles. The molecular formula is C32H35N5O3. The van der Waals surface area contributed by atoms with E-state index < -0.39 is 11.4 Å². The average Bonchev–Trinajstić information content (AvgIpc) is 2.95. The number of carbonyl (C=O) groups is 3. The molecule has 0 unspecified atom stereocenters. The first-order valence-corrected chi connectivity index (χ1v) is 13.9. The number of benzene rings is 3. The van der Waals surface area contributed by atoms with Crippen LogP contribution in [0, 0.1) is 5.92 Å². The number of nitrogen functional groups attached to an aromatic ring is 1. The summed E-state index contributed by atoms with van der Waals surface area (Å²) < 4.78 is 0. The van der Waals surface area contributed by atoms with E-state index >= 15 is 0 Å². The third-order valence-corrected chi connectivity index (χ3v) is 8.01. The Morgan fingerprint density at radius 1 is 0.825 bits per heavy atom. The van der Waals surface area contributed by atoms with Crippen LogP contribution in [0.4, 0.5) is 17.1 Å². The zero-order valence-electron chi connectivity index (χ0n) is 22.5. The summed E-state index contributed by atoms with van der Waals surface area (Å²) in [6.45, 7) is 0. The highest BCUT2D eigenvalue weighted by atomic mass is 16.2. The molecule has 8 heteroatoms. The Hall–Kier alpha value is -4.46. The highest BCUT2D eigenvalue weighted by Gasteiger charge is 2.45. The van der Waals surface area contributed by atoms with Gasteiger partial charge in [0.15, 0.2) is 0 Å². The molecule has 3 aromatic carbocycles. The first-order valence-electron chi connectivity index (χ1n) is 13.9. The summed E-state index contributed by atoms with van der Waals surface area (Å²) in [7, 11) is 0. The Kier molecular flexibility index (Phi) is 7.96. The van der Waals surface area contributed by atoms with Crippen molar-refractivity contribution in [3.05, 3.63) is 89.5 Å². The lowest BCUT2D eigenvalue weighted by Gasteiger charge is -2.40. The predicted molar refractivity (Wildman–Crippen MR) is 158 cm³/mol. The molecule has 3 aromatic rings. The third kappa shape index (κ3) is 5.91. The first-order chi connectivity index (χ1) is 19.3. The van der Waals surface area contributed by atoms with Gasteiger partial charge >= 0.3 is 0 Å². The van der Waals surface area contributed by atoms with Crippen LogP contribution < -0.4 is 22.1 Å². The number of hydrogen-bond acceptors (Lipinski definition) is 5. The molecule has 5 rings (SSSR count). The van der Waals surface area contributed by atoms with Crippen LogP contribution in [0.5, 0.6) is 0 Å². The fraction of sp³-hybridized carbons (Fsp3) is 0.312. The van der Waals surface area contributed by atoms with Crippen LogP contribution in [0.1, 0.15) is 77.6 Å². The van der Waals surface area contributed by atoms with E-state index in [4.69, 9.17) is 16.5 Å². The highest BCUT2D eigenvalue weighted by Crippen LogP contribution is 2.35. The molecule has 0 spiro atoms. The maximum atomic E-state index is 13.3. The van der Waals surface area contributed by atoms with Crippen molar-refractivity contribution in [1.82, 2.24) is 5.32 Å². The molecule has 40 heavy (non-hydrogen) atoms. The normalized spacial score (nSPS) is 16.9. The summed E-state index contributed by atoms with van der Waals surface area (Å²) in [5.74, 6) is -0.868. The molecule has 2 fully saturated rings. The molecule has 6 N–H and O–H groups in total. The lowest BCUT2D eigenvalue weighted by molar-refractivity contribution is -0.125. The lowest BCUT2D eigenvalue weighted by Crippen LogP contribution is -2.61. The molecule has 2 aliphatic carbocycles. The van der Waals surface area contributed by atoms with Crippen LogP contribution in [0.15, 0.2) is 77.8 Å². The quantitative estimate of drug-likeness (QED) is 0.227. The second-order valence-corrected chi connectivity index (χ2v) is 10.8. The van der Waals surface area contributed by atoms with Crippen molar-refractivity contribution in [2.45, 2.75) is 56.9 Å². The zero-order chi connectivity index (χ0) is 28.1. The zero-order valence-corrected chi connectivity index (χ0v) is 22.5. The van der Waals surface area contributed by atoms with Gasteiger partial charge in [-0.15, -0.1) is 0 Å². The summed E-state index contributed by atoms with van der Waals surface area (Å²) in [5.41, 5.74) is 15.3. The van der Waals surface area contributed by atoms with Crippen molar-refractivity contribution in [2.24, 2.45) is 16.6 Å². The molecule has 0 heterocycles. The van der Waals surface area contributed by atoms with Crippen LogP contribution >= 0.6 is 0 Å². The molecule has 0 aromatic heterocycles. The van der Waals surface area contributed by atoms with Crippen LogP contribution in [-0.4, -0.2) is 29.0 Å². The van der Waals surface area contributed by atoms with Gasteiger partial charge in [0.1, 0.15) is 5.54 Å². The summed E-state index contributed by atoms with van der Waals surface area (Å²) >= 11 is 0. The van der Waals surface area contributed by atoms with Gasteiger partial charge in [0.25, 0.3) is 5.91 Å². The van der Waals surface area contributed by atoms with E-state index in [0.29, 0.717) is 41.3 Å². The van der Waals surface area contributed by atoms with Gasteiger partial charge in [-0.1, -0.05) is 43.5 Å². The number of rotatable bonds is 8. The number of aliphatic imine (C=N–C) groups is 1. The highest BCUT2D eigenvalue weighted by molar-refractivity contribution is 6.09. The van der Waals surface area contributed by atoms with E-state index in [1.165, 1.54) is 6.42 Å². The largest absolute Gasteiger partial charge is 0.398 e. The van der Waals surface area contributed by atoms with Crippen LogP contribution in [-0.2, 0) is 4.79 Å².